The molecule has 0 saturated carbocycles. The van der Waals surface area contributed by atoms with E-state index in [1.165, 1.54) is 0 Å². The molecule has 0 amide bonds. The smallest absolute Gasteiger partial charge is 0.194 e. The summed E-state index contributed by atoms with van der Waals surface area (Å²) < 4.78 is 23.3. The quantitative estimate of drug-likeness (QED) is 0.586. The second kappa shape index (κ2) is 6.52. The highest BCUT2D eigenvalue weighted by atomic mass is 32.2. The van der Waals surface area contributed by atoms with Gasteiger partial charge in [0.15, 0.2) is 15.8 Å². The van der Waals surface area contributed by atoms with Crippen molar-refractivity contribution in [1.29, 1.82) is 0 Å². The van der Waals surface area contributed by atoms with E-state index in [1.54, 1.807) is 20.8 Å². The molecule has 7 heteroatoms. The molecular weight excluding hydrogens is 290 g/mol. The summed E-state index contributed by atoms with van der Waals surface area (Å²) >= 11 is 0. The number of nitrogens with one attached hydrogen (secondary N) is 1. The van der Waals surface area contributed by atoms with Gasteiger partial charge in [-0.1, -0.05) is 6.92 Å². The van der Waals surface area contributed by atoms with Crippen molar-refractivity contribution >= 4 is 15.8 Å². The number of hydrogen-bond donors (Lipinski definition) is 2. The molecule has 0 spiro atoms. The molecule has 0 aromatic heterocycles. The lowest BCUT2D eigenvalue weighted by atomic mass is 10.1. The van der Waals surface area contributed by atoms with Crippen LogP contribution in [0, 0.1) is 0 Å². The number of guanidine groups is 1. The van der Waals surface area contributed by atoms with Crippen LogP contribution in [0.15, 0.2) is 4.99 Å². The molecule has 1 aliphatic heterocycles. The maximum Gasteiger partial charge on any atom is 0.194 e. The fourth-order valence-corrected chi connectivity index (χ4v) is 3.47. The Hall–Kier alpha value is -0.820. The maximum absolute atomic E-state index is 12.1. The van der Waals surface area contributed by atoms with Crippen molar-refractivity contribution in [2.24, 2.45) is 4.99 Å². The third-order valence-corrected chi connectivity index (χ3v) is 6.54. The SMILES string of the molecule is CCNC(=NCC(C)(O)CC)N1CCS(=O)(=O)C(C)(C)C1. The number of sulfone groups is 1. The van der Waals surface area contributed by atoms with Crippen LogP contribution in [-0.4, -0.2) is 66.7 Å². The van der Waals surface area contributed by atoms with Crippen molar-refractivity contribution in [3.05, 3.63) is 0 Å². The predicted molar refractivity (Wildman–Crippen MR) is 86.3 cm³/mol. The predicted octanol–water partition coefficient (Wildman–Crippen LogP) is 0.622. The maximum atomic E-state index is 12.1. The van der Waals surface area contributed by atoms with Crippen LogP contribution in [0.2, 0.25) is 0 Å². The van der Waals surface area contributed by atoms with Gasteiger partial charge in [0.05, 0.1) is 22.6 Å². The molecule has 2 N–H and O–H groups in total. The molecule has 1 atom stereocenters. The molecule has 1 unspecified atom stereocenters. The summed E-state index contributed by atoms with van der Waals surface area (Å²) in [6.07, 6.45) is 0.621. The monoisotopic (exact) mass is 319 g/mol. The van der Waals surface area contributed by atoms with Crippen molar-refractivity contribution in [2.45, 2.75) is 51.4 Å². The molecule has 0 aliphatic carbocycles. The van der Waals surface area contributed by atoms with Gasteiger partial charge in [0.25, 0.3) is 0 Å². The van der Waals surface area contributed by atoms with Crippen LogP contribution in [0.25, 0.3) is 0 Å². The van der Waals surface area contributed by atoms with Gasteiger partial charge in [0, 0.05) is 19.6 Å². The molecule has 1 aliphatic rings. The Balaban J connectivity index is 2.90. The first kappa shape index (κ1) is 18.2. The van der Waals surface area contributed by atoms with E-state index in [-0.39, 0.29) is 5.75 Å². The summed E-state index contributed by atoms with van der Waals surface area (Å²) in [5.41, 5.74) is -0.835. The van der Waals surface area contributed by atoms with Crippen molar-refractivity contribution in [3.63, 3.8) is 0 Å². The molecule has 1 saturated heterocycles. The summed E-state index contributed by atoms with van der Waals surface area (Å²) in [5, 5.41) is 13.3. The third-order valence-electron chi connectivity index (χ3n) is 4.01. The van der Waals surface area contributed by atoms with Gasteiger partial charge in [-0.2, -0.15) is 0 Å². The second-order valence-electron chi connectivity index (χ2n) is 6.52. The zero-order chi connectivity index (χ0) is 16.3. The highest BCUT2D eigenvalue weighted by molar-refractivity contribution is 7.92. The normalized spacial score (nSPS) is 24.5. The standard InChI is InChI=1S/C14H29N3O3S/c1-6-14(5,18)10-16-12(15-7-2)17-8-9-21(19,20)13(3,4)11-17/h18H,6-11H2,1-5H3,(H,15,16). The van der Waals surface area contributed by atoms with Crippen LogP contribution >= 0.6 is 0 Å². The van der Waals surface area contributed by atoms with Gasteiger partial charge < -0.3 is 15.3 Å². The van der Waals surface area contributed by atoms with Crippen LogP contribution in [-0.2, 0) is 9.84 Å². The first-order valence-corrected chi connectivity index (χ1v) is 9.18. The van der Waals surface area contributed by atoms with E-state index in [0.717, 1.165) is 0 Å². The van der Waals surface area contributed by atoms with E-state index in [0.29, 0.717) is 38.6 Å². The Morgan fingerprint density at radius 1 is 1.43 bits per heavy atom. The highest BCUT2D eigenvalue weighted by Crippen LogP contribution is 2.23. The Morgan fingerprint density at radius 3 is 2.52 bits per heavy atom. The molecule has 1 heterocycles. The minimum absolute atomic E-state index is 0.134. The van der Waals surface area contributed by atoms with Crippen LogP contribution < -0.4 is 5.32 Å². The van der Waals surface area contributed by atoms with Gasteiger partial charge in [-0.05, 0) is 34.1 Å². The topological polar surface area (TPSA) is 82.0 Å². The third kappa shape index (κ3) is 4.57. The summed E-state index contributed by atoms with van der Waals surface area (Å²) in [6, 6.07) is 0. The highest BCUT2D eigenvalue weighted by Gasteiger charge is 2.41. The lowest BCUT2D eigenvalue weighted by Gasteiger charge is -2.39. The van der Waals surface area contributed by atoms with Crippen molar-refractivity contribution in [2.75, 3.05) is 31.9 Å². The second-order valence-corrected chi connectivity index (χ2v) is 9.26. The minimum atomic E-state index is -3.06. The summed E-state index contributed by atoms with van der Waals surface area (Å²) in [6.45, 7) is 11.0. The number of hydrogen-bond acceptors (Lipinski definition) is 4. The number of nitrogens with zero attached hydrogens (tertiary/aromatic N) is 2. The van der Waals surface area contributed by atoms with E-state index in [1.807, 2.05) is 18.7 Å². The summed E-state index contributed by atoms with van der Waals surface area (Å²) in [7, 11) is -3.06. The van der Waals surface area contributed by atoms with Gasteiger partial charge in [-0.15, -0.1) is 0 Å². The lowest BCUT2D eigenvalue weighted by molar-refractivity contribution is 0.0653. The zero-order valence-corrected chi connectivity index (χ0v) is 14.6. The Kier molecular flexibility index (Phi) is 5.66. The molecule has 0 aromatic rings. The zero-order valence-electron chi connectivity index (χ0n) is 13.8. The van der Waals surface area contributed by atoms with E-state index >= 15 is 0 Å². The first-order chi connectivity index (χ1) is 9.54. The lowest BCUT2D eigenvalue weighted by Crippen LogP contribution is -2.57. The van der Waals surface area contributed by atoms with E-state index in [4.69, 9.17) is 0 Å². The summed E-state index contributed by atoms with van der Waals surface area (Å²) in [4.78, 5) is 6.45. The molecule has 1 rings (SSSR count). The van der Waals surface area contributed by atoms with E-state index in [2.05, 4.69) is 10.3 Å². The fourth-order valence-electron chi connectivity index (χ4n) is 2.11. The minimum Gasteiger partial charge on any atom is -0.388 e. The molecule has 0 aromatic carbocycles. The number of aliphatic hydroxyl groups is 1. The van der Waals surface area contributed by atoms with Crippen molar-refractivity contribution < 1.29 is 13.5 Å². The van der Waals surface area contributed by atoms with Crippen molar-refractivity contribution in [1.82, 2.24) is 10.2 Å². The van der Waals surface area contributed by atoms with Gasteiger partial charge in [0.1, 0.15) is 0 Å². The van der Waals surface area contributed by atoms with Crippen LogP contribution in [0.4, 0.5) is 0 Å². The average molecular weight is 319 g/mol. The molecule has 1 fully saturated rings. The molecule has 6 nitrogen and oxygen atoms in total. The van der Waals surface area contributed by atoms with Gasteiger partial charge >= 0.3 is 0 Å². The number of rotatable bonds is 4. The Morgan fingerprint density at radius 2 is 2.05 bits per heavy atom. The van der Waals surface area contributed by atoms with Crippen LogP contribution in [0.1, 0.15) is 41.0 Å². The number of aliphatic imine (C=N–C) groups is 1. The fraction of sp³-hybridized carbons (Fsp3) is 0.929. The molecule has 124 valence electrons. The average Bonchev–Trinajstić information content (AvgIpc) is 2.38. The van der Waals surface area contributed by atoms with Gasteiger partial charge in [0.2, 0.25) is 0 Å². The van der Waals surface area contributed by atoms with Gasteiger partial charge in [-0.3, -0.25) is 4.99 Å². The van der Waals surface area contributed by atoms with E-state index in [9.17, 15) is 13.5 Å². The largest absolute Gasteiger partial charge is 0.388 e. The van der Waals surface area contributed by atoms with Gasteiger partial charge in [-0.25, -0.2) is 8.42 Å². The Bertz CT molecular complexity index is 484. The Labute approximate surface area is 128 Å². The molecule has 21 heavy (non-hydrogen) atoms. The van der Waals surface area contributed by atoms with Crippen molar-refractivity contribution in [3.8, 4) is 0 Å². The van der Waals surface area contributed by atoms with E-state index < -0.39 is 20.2 Å². The molecule has 0 bridgehead atoms. The van der Waals surface area contributed by atoms with Crippen LogP contribution in [0.5, 0.6) is 0 Å². The summed E-state index contributed by atoms with van der Waals surface area (Å²) in [5.74, 6) is 0.809. The molecule has 0 radical (unpaired) electrons. The first-order valence-electron chi connectivity index (χ1n) is 7.52. The molecular formula is C14H29N3O3S. The van der Waals surface area contributed by atoms with Crippen LogP contribution in [0.3, 0.4) is 0 Å².